The maximum atomic E-state index is 10.2. The van der Waals surface area contributed by atoms with Crippen LogP contribution < -0.4 is 10.1 Å². The van der Waals surface area contributed by atoms with Crippen molar-refractivity contribution in [2.24, 2.45) is 0 Å². The Morgan fingerprint density at radius 2 is 1.84 bits per heavy atom. The summed E-state index contributed by atoms with van der Waals surface area (Å²) in [7, 11) is 1.63. The number of aliphatic hydroxyl groups is 1. The first-order valence-corrected chi connectivity index (χ1v) is 8.32. The maximum absolute atomic E-state index is 10.2. The first-order chi connectivity index (χ1) is 12.2. The van der Waals surface area contributed by atoms with E-state index in [4.69, 9.17) is 4.74 Å². The van der Waals surface area contributed by atoms with Gasteiger partial charge >= 0.3 is 0 Å². The molecule has 0 bridgehead atoms. The summed E-state index contributed by atoms with van der Waals surface area (Å²) in [4.78, 5) is 0. The van der Waals surface area contributed by atoms with Crippen LogP contribution in [0.4, 0.5) is 0 Å². The van der Waals surface area contributed by atoms with Crippen LogP contribution in [0.15, 0.2) is 67.0 Å². The molecule has 0 aliphatic heterocycles. The second-order valence-corrected chi connectivity index (χ2v) is 5.95. The van der Waals surface area contributed by atoms with Gasteiger partial charge in [0.1, 0.15) is 5.75 Å². The number of hydrogen-bond donors (Lipinski definition) is 2. The Bertz CT molecular complexity index is 769. The maximum Gasteiger partial charge on any atom is 0.118 e. The van der Waals surface area contributed by atoms with E-state index in [0.29, 0.717) is 13.1 Å². The molecule has 0 aliphatic rings. The molecular formula is C20H23N3O2. The Balaban J connectivity index is 1.47. The van der Waals surface area contributed by atoms with E-state index >= 15 is 0 Å². The van der Waals surface area contributed by atoms with Crippen LogP contribution in [-0.2, 0) is 13.1 Å². The normalized spacial score (nSPS) is 12.1. The van der Waals surface area contributed by atoms with E-state index in [1.54, 1.807) is 7.11 Å². The molecule has 1 aromatic heterocycles. The number of methoxy groups -OCH3 is 1. The molecule has 0 saturated heterocycles. The topological polar surface area (TPSA) is 59.3 Å². The predicted molar refractivity (Wildman–Crippen MR) is 97.4 cm³/mol. The van der Waals surface area contributed by atoms with Crippen molar-refractivity contribution in [3.05, 3.63) is 83.7 Å². The van der Waals surface area contributed by atoms with Crippen LogP contribution in [0.1, 0.15) is 22.8 Å². The van der Waals surface area contributed by atoms with Crippen molar-refractivity contribution in [3.8, 4) is 5.75 Å². The number of rotatable bonds is 8. The Hall–Kier alpha value is -2.63. The molecule has 0 aliphatic carbocycles. The van der Waals surface area contributed by atoms with Crippen molar-refractivity contribution < 1.29 is 9.84 Å². The Kier molecular flexibility index (Phi) is 5.82. The van der Waals surface area contributed by atoms with E-state index in [0.717, 1.165) is 23.4 Å². The van der Waals surface area contributed by atoms with Crippen LogP contribution in [0.2, 0.25) is 0 Å². The zero-order chi connectivity index (χ0) is 17.5. The molecule has 0 spiro atoms. The quantitative estimate of drug-likeness (QED) is 0.664. The highest BCUT2D eigenvalue weighted by atomic mass is 16.5. The molecule has 2 aromatic carbocycles. The first kappa shape index (κ1) is 17.2. The molecule has 3 aromatic rings. The summed E-state index contributed by atoms with van der Waals surface area (Å²) in [6, 6.07) is 17.7. The fourth-order valence-electron chi connectivity index (χ4n) is 2.65. The Morgan fingerprint density at radius 3 is 2.56 bits per heavy atom. The average molecular weight is 337 g/mol. The Labute approximate surface area is 147 Å². The summed E-state index contributed by atoms with van der Waals surface area (Å²) in [5.41, 5.74) is 3.19. The number of hydrogen-bond acceptors (Lipinski definition) is 4. The minimum Gasteiger partial charge on any atom is -0.497 e. The number of benzene rings is 2. The summed E-state index contributed by atoms with van der Waals surface area (Å²) in [5.74, 6) is 0.787. The standard InChI is InChI=1S/C20H23N3O2/c1-25-19-9-7-18(8-10-19)20(24)13-21-11-17-12-22-23(15-17)14-16-5-3-2-4-6-16/h2-10,12,15,20-21,24H,11,13-14H2,1H3. The number of nitrogens with zero attached hydrogens (tertiary/aromatic N) is 2. The number of ether oxygens (including phenoxy) is 1. The van der Waals surface area contributed by atoms with Crippen LogP contribution in [0.25, 0.3) is 0 Å². The Morgan fingerprint density at radius 1 is 1.08 bits per heavy atom. The SMILES string of the molecule is COc1ccc(C(O)CNCc2cnn(Cc3ccccc3)c2)cc1. The van der Waals surface area contributed by atoms with E-state index < -0.39 is 6.10 Å². The first-order valence-electron chi connectivity index (χ1n) is 8.32. The van der Waals surface area contributed by atoms with Crippen molar-refractivity contribution >= 4 is 0 Å². The van der Waals surface area contributed by atoms with Gasteiger partial charge in [0.2, 0.25) is 0 Å². The lowest BCUT2D eigenvalue weighted by atomic mass is 10.1. The second-order valence-electron chi connectivity index (χ2n) is 5.95. The van der Waals surface area contributed by atoms with Crippen molar-refractivity contribution in [3.63, 3.8) is 0 Å². The third-order valence-electron chi connectivity index (χ3n) is 4.04. The van der Waals surface area contributed by atoms with Crippen LogP contribution in [0.3, 0.4) is 0 Å². The summed E-state index contributed by atoms with van der Waals surface area (Å²) >= 11 is 0. The van der Waals surface area contributed by atoms with Gasteiger partial charge in [-0.3, -0.25) is 4.68 Å². The second kappa shape index (κ2) is 8.46. The molecule has 0 fully saturated rings. The van der Waals surface area contributed by atoms with Crippen molar-refractivity contribution in [2.75, 3.05) is 13.7 Å². The number of aromatic nitrogens is 2. The minimum atomic E-state index is -0.551. The highest BCUT2D eigenvalue weighted by Gasteiger charge is 2.07. The summed E-state index contributed by atoms with van der Waals surface area (Å²) in [6.07, 6.45) is 3.33. The fourth-order valence-corrected chi connectivity index (χ4v) is 2.65. The molecule has 5 nitrogen and oxygen atoms in total. The number of aliphatic hydroxyl groups excluding tert-OH is 1. The summed E-state index contributed by atoms with van der Waals surface area (Å²) < 4.78 is 7.05. The third-order valence-corrected chi connectivity index (χ3v) is 4.04. The molecule has 1 heterocycles. The molecule has 1 atom stereocenters. The molecule has 130 valence electrons. The van der Waals surface area contributed by atoms with Gasteiger partial charge in [-0.2, -0.15) is 5.10 Å². The highest BCUT2D eigenvalue weighted by Crippen LogP contribution is 2.17. The van der Waals surface area contributed by atoms with E-state index in [1.165, 1.54) is 5.56 Å². The smallest absolute Gasteiger partial charge is 0.118 e. The molecule has 25 heavy (non-hydrogen) atoms. The van der Waals surface area contributed by atoms with Crippen molar-refractivity contribution in [1.29, 1.82) is 0 Å². The van der Waals surface area contributed by atoms with Gasteiger partial charge in [0.25, 0.3) is 0 Å². The van der Waals surface area contributed by atoms with Crippen LogP contribution in [0, 0.1) is 0 Å². The van der Waals surface area contributed by atoms with Gasteiger partial charge in [0, 0.05) is 24.8 Å². The molecule has 2 N–H and O–H groups in total. The molecule has 1 unspecified atom stereocenters. The molecule has 3 rings (SSSR count). The van der Waals surface area contributed by atoms with Gasteiger partial charge in [0.15, 0.2) is 0 Å². The zero-order valence-corrected chi connectivity index (χ0v) is 14.3. The monoisotopic (exact) mass is 337 g/mol. The average Bonchev–Trinajstić information content (AvgIpc) is 3.10. The van der Waals surface area contributed by atoms with Gasteiger partial charge in [-0.05, 0) is 23.3 Å². The lowest BCUT2D eigenvalue weighted by molar-refractivity contribution is 0.174. The highest BCUT2D eigenvalue weighted by molar-refractivity contribution is 5.28. The van der Waals surface area contributed by atoms with E-state index in [2.05, 4.69) is 22.5 Å². The van der Waals surface area contributed by atoms with Crippen LogP contribution >= 0.6 is 0 Å². The number of nitrogens with one attached hydrogen (secondary N) is 1. The van der Waals surface area contributed by atoms with Gasteiger partial charge in [0.05, 0.1) is 26.0 Å². The van der Waals surface area contributed by atoms with E-state index in [-0.39, 0.29) is 0 Å². The minimum absolute atomic E-state index is 0.482. The summed E-state index contributed by atoms with van der Waals surface area (Å²) in [6.45, 7) is 1.91. The van der Waals surface area contributed by atoms with Gasteiger partial charge in [-0.15, -0.1) is 0 Å². The lowest BCUT2D eigenvalue weighted by Gasteiger charge is -2.12. The molecular weight excluding hydrogens is 314 g/mol. The lowest BCUT2D eigenvalue weighted by Crippen LogP contribution is -2.20. The van der Waals surface area contributed by atoms with E-state index in [1.807, 2.05) is 59.5 Å². The van der Waals surface area contributed by atoms with Crippen LogP contribution in [-0.4, -0.2) is 28.5 Å². The molecule has 0 amide bonds. The largest absolute Gasteiger partial charge is 0.497 e. The van der Waals surface area contributed by atoms with Gasteiger partial charge < -0.3 is 15.2 Å². The van der Waals surface area contributed by atoms with Crippen molar-refractivity contribution in [1.82, 2.24) is 15.1 Å². The summed E-state index contributed by atoms with van der Waals surface area (Å²) in [5, 5.41) is 17.9. The van der Waals surface area contributed by atoms with Gasteiger partial charge in [-0.1, -0.05) is 42.5 Å². The molecule has 0 saturated carbocycles. The van der Waals surface area contributed by atoms with Crippen LogP contribution in [0.5, 0.6) is 5.75 Å². The van der Waals surface area contributed by atoms with Crippen molar-refractivity contribution in [2.45, 2.75) is 19.2 Å². The molecule has 5 heteroatoms. The van der Waals surface area contributed by atoms with Gasteiger partial charge in [-0.25, -0.2) is 0 Å². The zero-order valence-electron chi connectivity index (χ0n) is 14.3. The molecule has 0 radical (unpaired) electrons. The third kappa shape index (κ3) is 4.92. The predicted octanol–water partition coefficient (Wildman–Crippen LogP) is 2.76. The fraction of sp³-hybridized carbons (Fsp3) is 0.250. The van der Waals surface area contributed by atoms with E-state index in [9.17, 15) is 5.11 Å².